The highest BCUT2D eigenvalue weighted by Crippen LogP contribution is 2.43. The number of aliphatic hydroxyl groups is 1. The van der Waals surface area contributed by atoms with Gasteiger partial charge in [-0.25, -0.2) is 9.97 Å². The molecule has 1 saturated heterocycles. The predicted octanol–water partition coefficient (Wildman–Crippen LogP) is 5.29. The molecular formula is C27H26N4O4S. The molecule has 8 nitrogen and oxygen atoms in total. The fraction of sp³-hybridized carbons (Fsp3) is 0.259. The minimum atomic E-state index is -0.848. The van der Waals surface area contributed by atoms with Gasteiger partial charge in [0.2, 0.25) is 0 Å². The number of anilines is 1. The van der Waals surface area contributed by atoms with Crippen LogP contribution in [0.2, 0.25) is 0 Å². The van der Waals surface area contributed by atoms with E-state index in [0.717, 1.165) is 19.3 Å². The van der Waals surface area contributed by atoms with Crippen molar-refractivity contribution in [3.8, 4) is 5.75 Å². The van der Waals surface area contributed by atoms with Crippen LogP contribution in [0.3, 0.4) is 0 Å². The number of fused-ring (bicyclic) bond motifs is 1. The summed E-state index contributed by atoms with van der Waals surface area (Å²) in [5.74, 6) is -1.06. The smallest absolute Gasteiger partial charge is 0.301 e. The molecule has 1 amide bonds. The van der Waals surface area contributed by atoms with Crippen LogP contribution in [0, 0.1) is 6.92 Å². The lowest BCUT2D eigenvalue weighted by atomic mass is 9.96. The fourth-order valence-electron chi connectivity index (χ4n) is 4.49. The number of carbonyl (C=O) groups excluding carboxylic acids is 2. The molecule has 184 valence electrons. The number of benzene rings is 1. The minimum Gasteiger partial charge on any atom is -0.505 e. The van der Waals surface area contributed by atoms with Crippen molar-refractivity contribution < 1.29 is 19.4 Å². The summed E-state index contributed by atoms with van der Waals surface area (Å²) in [6.45, 7) is 4.53. The molecule has 3 aromatic heterocycles. The van der Waals surface area contributed by atoms with E-state index in [4.69, 9.17) is 4.74 Å². The molecule has 1 fully saturated rings. The highest BCUT2D eigenvalue weighted by molar-refractivity contribution is 7.14. The third-order valence-corrected chi connectivity index (χ3v) is 6.98. The summed E-state index contributed by atoms with van der Waals surface area (Å²) in [6.07, 6.45) is 6.53. The summed E-state index contributed by atoms with van der Waals surface area (Å²) < 4.78 is 7.55. The van der Waals surface area contributed by atoms with Crippen LogP contribution in [0.4, 0.5) is 5.13 Å². The Kier molecular flexibility index (Phi) is 6.56. The third-order valence-electron chi connectivity index (χ3n) is 6.21. The van der Waals surface area contributed by atoms with Crippen molar-refractivity contribution in [1.82, 2.24) is 14.4 Å². The monoisotopic (exact) mass is 502 g/mol. The highest BCUT2D eigenvalue weighted by atomic mass is 32.1. The number of imidazole rings is 1. The van der Waals surface area contributed by atoms with E-state index in [0.29, 0.717) is 40.1 Å². The molecule has 1 aromatic carbocycles. The summed E-state index contributed by atoms with van der Waals surface area (Å²) in [5.41, 5.74) is 2.23. The Morgan fingerprint density at radius 2 is 1.94 bits per heavy atom. The predicted molar refractivity (Wildman–Crippen MR) is 138 cm³/mol. The maximum Gasteiger partial charge on any atom is 0.301 e. The first kappa shape index (κ1) is 23.7. The molecule has 0 spiro atoms. The molecular weight excluding hydrogens is 476 g/mol. The zero-order chi connectivity index (χ0) is 25.2. The topological polar surface area (TPSA) is 97.0 Å². The molecule has 0 radical (unpaired) electrons. The van der Waals surface area contributed by atoms with Crippen molar-refractivity contribution in [2.45, 2.75) is 39.2 Å². The molecule has 0 saturated carbocycles. The molecule has 1 atom stereocenters. The van der Waals surface area contributed by atoms with Crippen LogP contribution in [0.15, 0.2) is 65.8 Å². The molecule has 1 aliphatic rings. The number of ether oxygens (including phenoxy) is 1. The first-order chi connectivity index (χ1) is 17.5. The van der Waals surface area contributed by atoms with Crippen LogP contribution in [0.1, 0.15) is 49.2 Å². The number of pyridine rings is 1. The van der Waals surface area contributed by atoms with Gasteiger partial charge in [-0.3, -0.25) is 18.9 Å². The van der Waals surface area contributed by atoms with Gasteiger partial charge < -0.3 is 9.84 Å². The number of rotatable bonds is 8. The second kappa shape index (κ2) is 9.94. The molecule has 4 aromatic rings. The lowest BCUT2D eigenvalue weighted by Gasteiger charge is -2.23. The molecule has 4 heterocycles. The molecule has 9 heteroatoms. The van der Waals surface area contributed by atoms with Crippen molar-refractivity contribution in [2.24, 2.45) is 0 Å². The van der Waals surface area contributed by atoms with E-state index in [2.05, 4.69) is 16.9 Å². The number of amides is 1. The number of aromatic nitrogens is 3. The quantitative estimate of drug-likeness (QED) is 0.152. The molecule has 1 unspecified atom stereocenters. The van der Waals surface area contributed by atoms with Crippen molar-refractivity contribution in [3.63, 3.8) is 0 Å². The number of aliphatic hydroxyl groups excluding tert-OH is 1. The van der Waals surface area contributed by atoms with Gasteiger partial charge in [-0.2, -0.15) is 0 Å². The average Bonchev–Trinajstić information content (AvgIpc) is 3.59. The van der Waals surface area contributed by atoms with Gasteiger partial charge in [0, 0.05) is 17.8 Å². The first-order valence-electron chi connectivity index (χ1n) is 11.9. The Balaban J connectivity index is 1.61. The second-order valence-electron chi connectivity index (χ2n) is 8.58. The van der Waals surface area contributed by atoms with E-state index in [-0.39, 0.29) is 11.3 Å². The molecule has 0 aliphatic carbocycles. The fourth-order valence-corrected chi connectivity index (χ4v) is 5.16. The average molecular weight is 503 g/mol. The molecule has 1 N–H and O–H groups in total. The summed E-state index contributed by atoms with van der Waals surface area (Å²) in [5, 5.41) is 13.7. The van der Waals surface area contributed by atoms with Gasteiger partial charge in [0.15, 0.2) is 10.9 Å². The Morgan fingerprint density at radius 1 is 1.14 bits per heavy atom. The van der Waals surface area contributed by atoms with E-state index in [1.165, 1.54) is 16.2 Å². The van der Waals surface area contributed by atoms with Crippen LogP contribution < -0.4 is 9.64 Å². The van der Waals surface area contributed by atoms with Gasteiger partial charge in [-0.1, -0.05) is 38.0 Å². The van der Waals surface area contributed by atoms with Gasteiger partial charge in [0.05, 0.1) is 23.9 Å². The van der Waals surface area contributed by atoms with Gasteiger partial charge in [0.25, 0.3) is 5.78 Å². The van der Waals surface area contributed by atoms with E-state index >= 15 is 0 Å². The van der Waals surface area contributed by atoms with Gasteiger partial charge in [0.1, 0.15) is 17.1 Å². The number of hydrogen-bond donors (Lipinski definition) is 1. The summed E-state index contributed by atoms with van der Waals surface area (Å²) in [6, 6.07) is 11.9. The lowest BCUT2D eigenvalue weighted by Crippen LogP contribution is -2.29. The van der Waals surface area contributed by atoms with Crippen LogP contribution in [0.25, 0.3) is 11.4 Å². The zero-order valence-electron chi connectivity index (χ0n) is 20.0. The summed E-state index contributed by atoms with van der Waals surface area (Å²) >= 11 is 1.26. The maximum atomic E-state index is 13.4. The lowest BCUT2D eigenvalue weighted by molar-refractivity contribution is -0.132. The molecule has 1 aliphatic heterocycles. The number of nitrogens with zero attached hydrogens (tertiary/aromatic N) is 4. The molecule has 36 heavy (non-hydrogen) atoms. The van der Waals surface area contributed by atoms with E-state index < -0.39 is 17.7 Å². The van der Waals surface area contributed by atoms with Crippen LogP contribution in [0.5, 0.6) is 5.75 Å². The molecule has 0 bridgehead atoms. The third kappa shape index (κ3) is 4.15. The number of ketones is 1. The van der Waals surface area contributed by atoms with Crippen LogP contribution in [-0.2, 0) is 9.59 Å². The van der Waals surface area contributed by atoms with Crippen LogP contribution >= 0.6 is 11.3 Å². The Labute approximate surface area is 212 Å². The van der Waals surface area contributed by atoms with Crippen LogP contribution in [-0.4, -0.2) is 37.8 Å². The summed E-state index contributed by atoms with van der Waals surface area (Å²) in [7, 11) is 0. The van der Waals surface area contributed by atoms with E-state index in [1.54, 1.807) is 29.1 Å². The standard InChI is InChI=1S/C27H26N4O4S/c1-3-4-7-15-35-19-11-9-18(10-12-19)23-21(25(33)26(34)31(23)27-28-13-16-36-27)24(32)22-17(2)29-20-8-5-6-14-30(20)22/h5-6,8-14,16,23,32H,3-4,7,15H2,1-2H3. The number of Topliss-reactive ketones (excluding diaryl/α,β-unsaturated/α-hetero) is 1. The number of aryl methyl sites for hydroxylation is 1. The van der Waals surface area contributed by atoms with Crippen molar-refractivity contribution in [1.29, 1.82) is 0 Å². The largest absolute Gasteiger partial charge is 0.505 e. The van der Waals surface area contributed by atoms with E-state index in [9.17, 15) is 14.7 Å². The van der Waals surface area contributed by atoms with E-state index in [1.807, 2.05) is 42.5 Å². The maximum absolute atomic E-state index is 13.4. The zero-order valence-corrected chi connectivity index (χ0v) is 20.9. The summed E-state index contributed by atoms with van der Waals surface area (Å²) in [4.78, 5) is 36.7. The Morgan fingerprint density at radius 3 is 2.67 bits per heavy atom. The number of hydrogen-bond acceptors (Lipinski definition) is 7. The van der Waals surface area contributed by atoms with Gasteiger partial charge >= 0.3 is 5.91 Å². The SMILES string of the molecule is CCCCCOc1ccc(C2C(=C(O)c3c(C)nc4ccccn34)C(=O)C(=O)N2c2nccs2)cc1. The van der Waals surface area contributed by atoms with Gasteiger partial charge in [-0.15, -0.1) is 11.3 Å². The Bertz CT molecular complexity index is 1440. The number of carbonyl (C=O) groups is 2. The number of unbranched alkanes of at least 4 members (excludes halogenated alkanes) is 2. The van der Waals surface area contributed by atoms with Crippen molar-refractivity contribution >= 4 is 39.6 Å². The Hall–Kier alpha value is -3.98. The second-order valence-corrected chi connectivity index (χ2v) is 9.46. The number of thiazole rings is 1. The van der Waals surface area contributed by atoms with Crippen molar-refractivity contribution in [3.05, 3.63) is 82.8 Å². The minimum absolute atomic E-state index is 0.000525. The highest BCUT2D eigenvalue weighted by Gasteiger charge is 2.48. The first-order valence-corrected chi connectivity index (χ1v) is 12.8. The molecule has 5 rings (SSSR count). The van der Waals surface area contributed by atoms with Crippen molar-refractivity contribution in [2.75, 3.05) is 11.5 Å². The van der Waals surface area contributed by atoms with Gasteiger partial charge in [-0.05, 0) is 43.2 Å². The normalized spacial score (nSPS) is 17.3.